The minimum absolute atomic E-state index is 0.0997. The van der Waals surface area contributed by atoms with Crippen molar-refractivity contribution in [2.45, 2.75) is 26.7 Å². The lowest BCUT2D eigenvalue weighted by molar-refractivity contribution is 0.0787. The smallest absolute Gasteiger partial charge is 0.273 e. The van der Waals surface area contributed by atoms with Crippen molar-refractivity contribution in [3.8, 4) is 0 Å². The van der Waals surface area contributed by atoms with E-state index in [0.29, 0.717) is 11.5 Å². The number of hydrogen-bond acceptors (Lipinski definition) is 4. The monoisotopic (exact) mass is 376 g/mol. The highest BCUT2D eigenvalue weighted by Gasteiger charge is 2.13. The molecule has 1 N–H and O–H groups in total. The molecule has 2 aromatic rings. The fourth-order valence-electron chi connectivity index (χ4n) is 2.10. The van der Waals surface area contributed by atoms with E-state index in [1.807, 2.05) is 25.1 Å². The van der Waals surface area contributed by atoms with Gasteiger partial charge in [0, 0.05) is 23.8 Å². The van der Waals surface area contributed by atoms with E-state index in [2.05, 4.69) is 38.1 Å². The predicted molar refractivity (Wildman–Crippen MR) is 96.1 cm³/mol. The lowest BCUT2D eigenvalue weighted by Crippen LogP contribution is -2.28. The molecule has 0 atom stereocenters. The Hall–Kier alpha value is -1.95. The van der Waals surface area contributed by atoms with Gasteiger partial charge in [0.15, 0.2) is 0 Å². The van der Waals surface area contributed by atoms with Gasteiger partial charge >= 0.3 is 0 Å². The number of rotatable bonds is 6. The average Bonchev–Trinajstić information content (AvgIpc) is 2.55. The largest absolute Gasteiger partial charge is 0.340 e. The van der Waals surface area contributed by atoms with Crippen LogP contribution in [0.25, 0.3) is 0 Å². The molecule has 0 radical (unpaired) electrons. The highest BCUT2D eigenvalue weighted by molar-refractivity contribution is 9.10. The third-order valence-corrected chi connectivity index (χ3v) is 4.01. The zero-order valence-electron chi connectivity index (χ0n) is 13.6. The Kier molecular flexibility index (Phi) is 6.10. The second-order valence-electron chi connectivity index (χ2n) is 5.45. The summed E-state index contributed by atoms with van der Waals surface area (Å²) in [6.45, 7) is 4.85. The summed E-state index contributed by atoms with van der Waals surface area (Å²) in [6.07, 6.45) is 5.14. The van der Waals surface area contributed by atoms with Gasteiger partial charge in [-0.2, -0.15) is 0 Å². The molecule has 5 nitrogen and oxygen atoms in total. The number of amides is 1. The molecule has 1 heterocycles. The van der Waals surface area contributed by atoms with Gasteiger partial charge in [-0.25, -0.2) is 9.97 Å². The molecule has 6 heteroatoms. The number of carbonyl (C=O) groups excluding carboxylic acids is 1. The van der Waals surface area contributed by atoms with E-state index < -0.39 is 0 Å². The molecule has 0 aliphatic rings. The van der Waals surface area contributed by atoms with Crippen LogP contribution in [0.5, 0.6) is 0 Å². The maximum atomic E-state index is 12.2. The van der Waals surface area contributed by atoms with Crippen molar-refractivity contribution in [1.29, 1.82) is 0 Å². The van der Waals surface area contributed by atoms with Gasteiger partial charge in [-0.05, 0) is 37.1 Å². The molecule has 0 saturated heterocycles. The van der Waals surface area contributed by atoms with E-state index in [-0.39, 0.29) is 5.91 Å². The normalized spacial score (nSPS) is 10.4. The van der Waals surface area contributed by atoms with Crippen LogP contribution < -0.4 is 5.32 Å². The standard InChI is InChI=1S/C17H21BrN4O/c1-4-5-8-22(3)17(23)15-10-20-16(11-19-15)21-14-7-6-13(18)9-12(14)2/h6-7,9-11H,4-5,8H2,1-3H3,(H,20,21). The number of nitrogens with zero attached hydrogens (tertiary/aromatic N) is 3. The maximum Gasteiger partial charge on any atom is 0.273 e. The van der Waals surface area contributed by atoms with Crippen LogP contribution in [-0.2, 0) is 0 Å². The third kappa shape index (κ3) is 4.76. The first-order valence-corrected chi connectivity index (χ1v) is 8.41. The van der Waals surface area contributed by atoms with Crippen LogP contribution in [0.4, 0.5) is 11.5 Å². The average molecular weight is 377 g/mol. The summed E-state index contributed by atoms with van der Waals surface area (Å²) < 4.78 is 1.03. The van der Waals surface area contributed by atoms with Gasteiger partial charge in [-0.1, -0.05) is 29.3 Å². The topological polar surface area (TPSA) is 58.1 Å². The molecule has 0 spiro atoms. The van der Waals surface area contributed by atoms with Gasteiger partial charge in [0.05, 0.1) is 12.4 Å². The first kappa shape index (κ1) is 17.4. The first-order chi connectivity index (χ1) is 11.0. The molecule has 0 saturated carbocycles. The Labute approximate surface area is 145 Å². The molecule has 1 aromatic heterocycles. The fourth-order valence-corrected chi connectivity index (χ4v) is 2.58. The first-order valence-electron chi connectivity index (χ1n) is 7.62. The van der Waals surface area contributed by atoms with Gasteiger partial charge < -0.3 is 10.2 Å². The van der Waals surface area contributed by atoms with E-state index in [1.165, 1.54) is 6.20 Å². The van der Waals surface area contributed by atoms with Crippen molar-refractivity contribution >= 4 is 33.3 Å². The molecule has 1 amide bonds. The fraction of sp³-hybridized carbons (Fsp3) is 0.353. The maximum absolute atomic E-state index is 12.2. The highest BCUT2D eigenvalue weighted by Crippen LogP contribution is 2.22. The molecule has 0 bridgehead atoms. The molecule has 0 aliphatic heterocycles. The van der Waals surface area contributed by atoms with Crippen LogP contribution >= 0.6 is 15.9 Å². The van der Waals surface area contributed by atoms with E-state index >= 15 is 0 Å². The summed E-state index contributed by atoms with van der Waals surface area (Å²) in [5.41, 5.74) is 2.42. The van der Waals surface area contributed by atoms with Gasteiger partial charge in [-0.15, -0.1) is 0 Å². The Balaban J connectivity index is 2.05. The number of hydrogen-bond donors (Lipinski definition) is 1. The van der Waals surface area contributed by atoms with E-state index in [0.717, 1.165) is 35.1 Å². The molecule has 122 valence electrons. The molecule has 0 fully saturated rings. The SMILES string of the molecule is CCCCN(C)C(=O)c1cnc(Nc2ccc(Br)cc2C)cn1. The summed E-state index contributed by atoms with van der Waals surface area (Å²) in [6, 6.07) is 5.96. The summed E-state index contributed by atoms with van der Waals surface area (Å²) in [5.74, 6) is 0.514. The van der Waals surface area contributed by atoms with Crippen molar-refractivity contribution in [2.24, 2.45) is 0 Å². The van der Waals surface area contributed by atoms with E-state index in [1.54, 1.807) is 18.1 Å². The Bertz CT molecular complexity index is 673. The highest BCUT2D eigenvalue weighted by atomic mass is 79.9. The van der Waals surface area contributed by atoms with Crippen molar-refractivity contribution in [3.05, 3.63) is 46.3 Å². The summed E-state index contributed by atoms with van der Waals surface area (Å²) in [5, 5.41) is 3.21. The Morgan fingerprint density at radius 1 is 1.30 bits per heavy atom. The minimum Gasteiger partial charge on any atom is -0.340 e. The summed E-state index contributed by atoms with van der Waals surface area (Å²) in [4.78, 5) is 22.4. The van der Waals surface area contributed by atoms with E-state index in [9.17, 15) is 4.79 Å². The number of nitrogens with one attached hydrogen (secondary N) is 1. The van der Waals surface area contributed by atoms with Crippen molar-refractivity contribution < 1.29 is 4.79 Å². The second-order valence-corrected chi connectivity index (χ2v) is 6.37. The zero-order chi connectivity index (χ0) is 16.8. The number of halogens is 1. The van der Waals surface area contributed by atoms with Crippen LogP contribution in [0.15, 0.2) is 35.1 Å². The van der Waals surface area contributed by atoms with Crippen molar-refractivity contribution in [1.82, 2.24) is 14.9 Å². The van der Waals surface area contributed by atoms with Gasteiger partial charge in [0.1, 0.15) is 11.5 Å². The van der Waals surface area contributed by atoms with Gasteiger partial charge in [0.25, 0.3) is 5.91 Å². The Morgan fingerprint density at radius 2 is 2.09 bits per heavy atom. The molecule has 23 heavy (non-hydrogen) atoms. The molecule has 0 aliphatic carbocycles. The zero-order valence-corrected chi connectivity index (χ0v) is 15.2. The molecule has 1 aromatic carbocycles. The van der Waals surface area contributed by atoms with Crippen LogP contribution in [0.1, 0.15) is 35.8 Å². The van der Waals surface area contributed by atoms with Crippen molar-refractivity contribution in [2.75, 3.05) is 18.9 Å². The van der Waals surface area contributed by atoms with Crippen LogP contribution in [-0.4, -0.2) is 34.4 Å². The van der Waals surface area contributed by atoms with Crippen LogP contribution in [0, 0.1) is 6.92 Å². The summed E-state index contributed by atoms with van der Waals surface area (Å²) in [7, 11) is 1.79. The van der Waals surface area contributed by atoms with Crippen LogP contribution in [0.3, 0.4) is 0 Å². The summed E-state index contributed by atoms with van der Waals surface area (Å²) >= 11 is 3.44. The predicted octanol–water partition coefficient (Wildman–Crippen LogP) is 4.16. The third-order valence-electron chi connectivity index (χ3n) is 3.52. The number of carbonyl (C=O) groups is 1. The Morgan fingerprint density at radius 3 is 2.70 bits per heavy atom. The molecule has 0 unspecified atom stereocenters. The number of anilines is 2. The lowest BCUT2D eigenvalue weighted by Gasteiger charge is -2.16. The molecular weight excluding hydrogens is 356 g/mol. The lowest BCUT2D eigenvalue weighted by atomic mass is 10.2. The number of aromatic nitrogens is 2. The quantitative estimate of drug-likeness (QED) is 0.821. The van der Waals surface area contributed by atoms with Crippen molar-refractivity contribution in [3.63, 3.8) is 0 Å². The van der Waals surface area contributed by atoms with Gasteiger partial charge in [-0.3, -0.25) is 4.79 Å². The van der Waals surface area contributed by atoms with E-state index in [4.69, 9.17) is 0 Å². The molecular formula is C17H21BrN4O. The number of aryl methyl sites for hydroxylation is 1. The molecule has 2 rings (SSSR count). The number of benzene rings is 1. The number of unbranched alkanes of at least 4 members (excludes halogenated alkanes) is 1. The minimum atomic E-state index is -0.0997. The van der Waals surface area contributed by atoms with Crippen LogP contribution in [0.2, 0.25) is 0 Å². The second kappa shape index (κ2) is 8.06. The van der Waals surface area contributed by atoms with Gasteiger partial charge in [0.2, 0.25) is 0 Å².